The highest BCUT2D eigenvalue weighted by atomic mass is 16.5. The van der Waals surface area contributed by atoms with Crippen LogP contribution in [0.25, 0.3) is 11.0 Å². The van der Waals surface area contributed by atoms with Gasteiger partial charge in [-0.15, -0.1) is 0 Å². The summed E-state index contributed by atoms with van der Waals surface area (Å²) in [4.78, 5) is 33.4. The van der Waals surface area contributed by atoms with Gasteiger partial charge in [0.2, 0.25) is 5.69 Å². The molecule has 0 N–H and O–H groups in total. The van der Waals surface area contributed by atoms with Crippen LogP contribution >= 0.6 is 0 Å². The molecular weight excluding hydrogens is 414 g/mol. The van der Waals surface area contributed by atoms with Crippen LogP contribution in [0.5, 0.6) is 0 Å². The van der Waals surface area contributed by atoms with Crippen LogP contribution in [0, 0.1) is 5.41 Å². The average molecular weight is 452 g/mol. The predicted octanol–water partition coefficient (Wildman–Crippen LogP) is 5.10. The Balaban J connectivity index is 1.49. The summed E-state index contributed by atoms with van der Waals surface area (Å²) in [5.74, 6) is -0.621. The molecule has 178 valence electrons. The first kappa shape index (κ1) is 22.6. The Kier molecular flexibility index (Phi) is 6.06. The molecule has 1 aliphatic carbocycles. The number of carbonyl (C=O) groups is 1. The molecule has 0 unspecified atom stereocenters. The maximum atomic E-state index is 13.6. The van der Waals surface area contributed by atoms with Gasteiger partial charge in [-0.05, 0) is 75.8 Å². The van der Waals surface area contributed by atoms with Crippen LogP contribution in [0.4, 0.5) is 0 Å². The molecule has 1 aromatic carbocycles. The standard InChI is InChI=1S/C27H37N3O3/c1-4-33-26(32)24-25(31)30(23-11-6-5-10-22(23)28-24)21-16-19-8-7-9-20(17-21)29(19)18-12-14-27(2,3)15-13-18/h5-6,10-11,18-21H,4,7-9,12-17H2,1-3H3/t19-,20+,21+. The molecule has 33 heavy (non-hydrogen) atoms. The molecule has 2 aliphatic heterocycles. The Hall–Kier alpha value is -2.21. The molecule has 0 radical (unpaired) electrons. The molecule has 2 aromatic rings. The number of aromatic nitrogens is 2. The minimum absolute atomic E-state index is 0.0855. The summed E-state index contributed by atoms with van der Waals surface area (Å²) in [6.07, 6.45) is 10.8. The van der Waals surface area contributed by atoms with Gasteiger partial charge >= 0.3 is 5.97 Å². The summed E-state index contributed by atoms with van der Waals surface area (Å²) in [6, 6.07) is 9.49. The second-order valence-corrected chi connectivity index (χ2v) is 11.1. The van der Waals surface area contributed by atoms with Gasteiger partial charge in [0.25, 0.3) is 5.56 Å². The number of hydrogen-bond donors (Lipinski definition) is 0. The number of piperidine rings is 2. The molecule has 5 rings (SSSR count). The number of para-hydroxylation sites is 2. The van der Waals surface area contributed by atoms with Gasteiger partial charge in [-0.1, -0.05) is 32.4 Å². The average Bonchev–Trinajstić information content (AvgIpc) is 2.78. The van der Waals surface area contributed by atoms with Crippen LogP contribution in [0.2, 0.25) is 0 Å². The number of hydrogen-bond acceptors (Lipinski definition) is 5. The predicted molar refractivity (Wildman–Crippen MR) is 130 cm³/mol. The van der Waals surface area contributed by atoms with Crippen LogP contribution in [0.3, 0.4) is 0 Å². The van der Waals surface area contributed by atoms with Crippen molar-refractivity contribution in [3.63, 3.8) is 0 Å². The molecular formula is C27H37N3O3. The van der Waals surface area contributed by atoms with E-state index < -0.39 is 5.97 Å². The summed E-state index contributed by atoms with van der Waals surface area (Å²) >= 11 is 0. The number of rotatable bonds is 4. The van der Waals surface area contributed by atoms with E-state index in [1.807, 2.05) is 28.8 Å². The van der Waals surface area contributed by atoms with E-state index in [4.69, 9.17) is 4.74 Å². The van der Waals surface area contributed by atoms with Crippen molar-refractivity contribution in [2.75, 3.05) is 6.61 Å². The molecule has 3 fully saturated rings. The SMILES string of the molecule is CCOC(=O)c1nc2ccccc2n([C@H]2C[C@H]3CCC[C@@H](C2)N3C2CCC(C)(C)CC2)c1=O. The number of ether oxygens (including phenoxy) is 1. The zero-order valence-corrected chi connectivity index (χ0v) is 20.3. The Morgan fingerprint density at radius 3 is 2.36 bits per heavy atom. The van der Waals surface area contributed by atoms with E-state index in [9.17, 15) is 9.59 Å². The maximum Gasteiger partial charge on any atom is 0.362 e. The lowest BCUT2D eigenvalue weighted by atomic mass is 9.72. The molecule has 0 amide bonds. The number of benzene rings is 1. The highest BCUT2D eigenvalue weighted by Crippen LogP contribution is 2.45. The second kappa shape index (κ2) is 8.86. The van der Waals surface area contributed by atoms with Gasteiger partial charge in [-0.25, -0.2) is 9.78 Å². The van der Waals surface area contributed by atoms with Crippen LogP contribution < -0.4 is 5.56 Å². The lowest BCUT2D eigenvalue weighted by Gasteiger charge is -2.54. The summed E-state index contributed by atoms with van der Waals surface area (Å²) in [5, 5.41) is 0. The Bertz CT molecular complexity index is 1070. The monoisotopic (exact) mass is 451 g/mol. The van der Waals surface area contributed by atoms with Gasteiger partial charge in [0, 0.05) is 24.2 Å². The first-order valence-corrected chi connectivity index (χ1v) is 12.8. The molecule has 2 bridgehead atoms. The Labute approximate surface area is 196 Å². The van der Waals surface area contributed by atoms with Crippen molar-refractivity contribution in [2.24, 2.45) is 5.41 Å². The lowest BCUT2D eigenvalue weighted by molar-refractivity contribution is -0.0377. The van der Waals surface area contributed by atoms with Crippen LogP contribution in [-0.4, -0.2) is 45.2 Å². The largest absolute Gasteiger partial charge is 0.461 e. The molecule has 2 saturated heterocycles. The highest BCUT2D eigenvalue weighted by molar-refractivity contribution is 5.89. The summed E-state index contributed by atoms with van der Waals surface area (Å²) in [5.41, 5.74) is 1.59. The van der Waals surface area contributed by atoms with Crippen molar-refractivity contribution in [3.8, 4) is 0 Å². The molecule has 6 heteroatoms. The fourth-order valence-corrected chi connectivity index (χ4v) is 6.73. The van der Waals surface area contributed by atoms with Gasteiger partial charge in [0.05, 0.1) is 17.6 Å². The summed E-state index contributed by atoms with van der Waals surface area (Å²) in [7, 11) is 0. The zero-order valence-electron chi connectivity index (χ0n) is 20.3. The molecule has 6 nitrogen and oxygen atoms in total. The third kappa shape index (κ3) is 4.23. The van der Waals surface area contributed by atoms with Crippen LogP contribution in [-0.2, 0) is 4.74 Å². The smallest absolute Gasteiger partial charge is 0.362 e. The number of esters is 1. The van der Waals surface area contributed by atoms with E-state index in [0.717, 1.165) is 18.4 Å². The van der Waals surface area contributed by atoms with Crippen molar-refractivity contribution in [2.45, 2.75) is 103 Å². The van der Waals surface area contributed by atoms with Gasteiger partial charge in [0.1, 0.15) is 0 Å². The van der Waals surface area contributed by atoms with Gasteiger partial charge < -0.3 is 9.30 Å². The quantitative estimate of drug-likeness (QED) is 0.605. The van der Waals surface area contributed by atoms with Gasteiger partial charge in [-0.3, -0.25) is 9.69 Å². The summed E-state index contributed by atoms with van der Waals surface area (Å²) in [6.45, 7) is 6.78. The van der Waals surface area contributed by atoms with E-state index in [0.29, 0.717) is 29.1 Å². The van der Waals surface area contributed by atoms with Crippen LogP contribution in [0.1, 0.15) is 95.1 Å². The van der Waals surface area contributed by atoms with Crippen molar-refractivity contribution in [3.05, 3.63) is 40.3 Å². The van der Waals surface area contributed by atoms with E-state index in [-0.39, 0.29) is 23.9 Å². The third-order valence-electron chi connectivity index (χ3n) is 8.37. The fraction of sp³-hybridized carbons (Fsp3) is 0.667. The highest BCUT2D eigenvalue weighted by Gasteiger charge is 2.44. The fourth-order valence-electron chi connectivity index (χ4n) is 6.73. The van der Waals surface area contributed by atoms with E-state index >= 15 is 0 Å². The molecule has 3 heterocycles. The van der Waals surface area contributed by atoms with Crippen molar-refractivity contribution >= 4 is 17.0 Å². The minimum Gasteiger partial charge on any atom is -0.461 e. The van der Waals surface area contributed by atoms with Gasteiger partial charge in [0.15, 0.2) is 0 Å². The van der Waals surface area contributed by atoms with Crippen molar-refractivity contribution < 1.29 is 9.53 Å². The molecule has 3 atom stereocenters. The molecule has 0 spiro atoms. The van der Waals surface area contributed by atoms with E-state index in [2.05, 4.69) is 23.7 Å². The van der Waals surface area contributed by atoms with Gasteiger partial charge in [-0.2, -0.15) is 0 Å². The second-order valence-electron chi connectivity index (χ2n) is 11.1. The zero-order chi connectivity index (χ0) is 23.2. The molecule has 1 aromatic heterocycles. The maximum absolute atomic E-state index is 13.6. The summed E-state index contributed by atoms with van der Waals surface area (Å²) < 4.78 is 7.04. The molecule has 1 saturated carbocycles. The van der Waals surface area contributed by atoms with E-state index in [1.54, 1.807) is 6.92 Å². The van der Waals surface area contributed by atoms with E-state index in [1.165, 1.54) is 44.9 Å². The minimum atomic E-state index is -0.621. The van der Waals surface area contributed by atoms with Crippen molar-refractivity contribution in [1.82, 2.24) is 14.5 Å². The number of nitrogens with zero attached hydrogens (tertiary/aromatic N) is 3. The Morgan fingerprint density at radius 2 is 1.70 bits per heavy atom. The molecule has 3 aliphatic rings. The lowest BCUT2D eigenvalue weighted by Crippen LogP contribution is -2.58. The van der Waals surface area contributed by atoms with Crippen molar-refractivity contribution in [1.29, 1.82) is 0 Å². The number of carbonyl (C=O) groups excluding carboxylic acids is 1. The Morgan fingerprint density at radius 1 is 1.03 bits per heavy atom. The van der Waals surface area contributed by atoms with Crippen LogP contribution in [0.15, 0.2) is 29.1 Å². The number of fused-ring (bicyclic) bond motifs is 3. The topological polar surface area (TPSA) is 64.4 Å². The normalized spacial score (nSPS) is 28.0. The first-order chi connectivity index (χ1) is 15.9. The third-order valence-corrected chi connectivity index (χ3v) is 8.37. The first-order valence-electron chi connectivity index (χ1n) is 12.8.